The Morgan fingerprint density at radius 2 is 2.18 bits per heavy atom. The first-order valence-electron chi connectivity index (χ1n) is 6.10. The van der Waals surface area contributed by atoms with Crippen LogP contribution < -0.4 is 0 Å². The highest BCUT2D eigenvalue weighted by Gasteiger charge is 2.41. The van der Waals surface area contributed by atoms with Crippen molar-refractivity contribution in [3.8, 4) is 0 Å². The van der Waals surface area contributed by atoms with Gasteiger partial charge >= 0.3 is 0 Å². The topological polar surface area (TPSA) is 51.1 Å². The molecule has 0 aromatic carbocycles. The third kappa shape index (κ3) is 1.90. The Hall–Kier alpha value is -1.52. The van der Waals surface area contributed by atoms with Gasteiger partial charge in [-0.15, -0.1) is 0 Å². The van der Waals surface area contributed by atoms with Crippen molar-refractivity contribution in [2.45, 2.75) is 25.0 Å². The number of rotatable bonds is 2. The Kier molecular flexibility index (Phi) is 2.74. The summed E-state index contributed by atoms with van der Waals surface area (Å²) in [5.74, 6) is 0.232. The standard InChI is InChI=1S/C12H16N2O3/c15-12(14-4-1-2-5-14)10-11(17-8-13-10)9-3-6-16-7-9/h3,6,8-11H,1-2,4-5,7H2. The molecule has 0 aromatic heterocycles. The van der Waals surface area contributed by atoms with E-state index < -0.39 is 0 Å². The third-order valence-corrected chi connectivity index (χ3v) is 3.55. The lowest BCUT2D eigenvalue weighted by molar-refractivity contribution is -0.133. The minimum absolute atomic E-state index is 0.0987. The highest BCUT2D eigenvalue weighted by molar-refractivity contribution is 5.85. The van der Waals surface area contributed by atoms with Crippen molar-refractivity contribution in [2.75, 3.05) is 19.7 Å². The van der Waals surface area contributed by atoms with E-state index >= 15 is 0 Å². The quantitative estimate of drug-likeness (QED) is 0.704. The van der Waals surface area contributed by atoms with Crippen LogP contribution in [0.2, 0.25) is 0 Å². The van der Waals surface area contributed by atoms with Gasteiger partial charge < -0.3 is 14.4 Å². The molecule has 0 bridgehead atoms. The number of nitrogens with zero attached hydrogens (tertiary/aromatic N) is 2. The van der Waals surface area contributed by atoms with E-state index in [0.29, 0.717) is 6.61 Å². The number of likely N-dealkylation sites (tertiary alicyclic amines) is 1. The van der Waals surface area contributed by atoms with Crippen LogP contribution in [0.25, 0.3) is 0 Å². The van der Waals surface area contributed by atoms with Gasteiger partial charge in [-0.2, -0.15) is 0 Å². The molecule has 3 rings (SSSR count). The van der Waals surface area contributed by atoms with Gasteiger partial charge in [-0.25, -0.2) is 4.99 Å². The fourth-order valence-electron chi connectivity index (χ4n) is 2.58. The van der Waals surface area contributed by atoms with Crippen LogP contribution in [0.5, 0.6) is 0 Å². The Morgan fingerprint density at radius 3 is 2.88 bits per heavy atom. The number of carbonyl (C=O) groups excluding carboxylic acids is 1. The number of hydrogen-bond donors (Lipinski definition) is 0. The molecule has 1 saturated heterocycles. The number of ether oxygens (including phenoxy) is 2. The predicted molar refractivity (Wildman–Crippen MR) is 61.5 cm³/mol. The third-order valence-electron chi connectivity index (χ3n) is 3.55. The van der Waals surface area contributed by atoms with Gasteiger partial charge in [0.15, 0.2) is 12.4 Å². The maximum absolute atomic E-state index is 12.3. The van der Waals surface area contributed by atoms with E-state index in [9.17, 15) is 4.79 Å². The summed E-state index contributed by atoms with van der Waals surface area (Å²) in [7, 11) is 0. The van der Waals surface area contributed by atoms with Crippen LogP contribution in [-0.2, 0) is 14.3 Å². The van der Waals surface area contributed by atoms with Crippen molar-refractivity contribution in [3.05, 3.63) is 12.3 Å². The molecule has 0 aliphatic carbocycles. The SMILES string of the molecule is O=C(C1N=COC1C1C=COC1)N1CCCC1. The van der Waals surface area contributed by atoms with E-state index in [1.54, 1.807) is 6.26 Å². The van der Waals surface area contributed by atoms with E-state index in [2.05, 4.69) is 4.99 Å². The van der Waals surface area contributed by atoms with Crippen LogP contribution in [-0.4, -0.2) is 49.0 Å². The van der Waals surface area contributed by atoms with E-state index in [4.69, 9.17) is 9.47 Å². The van der Waals surface area contributed by atoms with Gasteiger partial charge in [-0.05, 0) is 18.9 Å². The number of amides is 1. The van der Waals surface area contributed by atoms with Crippen LogP contribution in [0, 0.1) is 5.92 Å². The number of aliphatic imine (C=N–C) groups is 1. The Balaban J connectivity index is 1.69. The molecule has 0 N–H and O–H groups in total. The van der Waals surface area contributed by atoms with E-state index in [1.165, 1.54) is 6.40 Å². The van der Waals surface area contributed by atoms with Crippen LogP contribution in [0.1, 0.15) is 12.8 Å². The highest BCUT2D eigenvalue weighted by Crippen LogP contribution is 2.25. The van der Waals surface area contributed by atoms with E-state index in [-0.39, 0.29) is 24.0 Å². The van der Waals surface area contributed by atoms with Crippen LogP contribution in [0.3, 0.4) is 0 Å². The smallest absolute Gasteiger partial charge is 0.251 e. The van der Waals surface area contributed by atoms with Gasteiger partial charge in [-0.1, -0.05) is 0 Å². The fraction of sp³-hybridized carbons (Fsp3) is 0.667. The summed E-state index contributed by atoms with van der Waals surface area (Å²) in [5.41, 5.74) is 0. The average Bonchev–Trinajstić information content (AvgIpc) is 3.09. The van der Waals surface area contributed by atoms with Crippen LogP contribution in [0.4, 0.5) is 0 Å². The lowest BCUT2D eigenvalue weighted by Crippen LogP contribution is -2.44. The van der Waals surface area contributed by atoms with Crippen LogP contribution >= 0.6 is 0 Å². The second kappa shape index (κ2) is 4.39. The fourth-order valence-corrected chi connectivity index (χ4v) is 2.58. The molecule has 0 radical (unpaired) electrons. The van der Waals surface area contributed by atoms with Gasteiger partial charge in [0.1, 0.15) is 6.10 Å². The molecule has 0 spiro atoms. The number of carbonyl (C=O) groups is 1. The molecule has 17 heavy (non-hydrogen) atoms. The van der Waals surface area contributed by atoms with Crippen molar-refractivity contribution in [1.82, 2.24) is 4.90 Å². The molecule has 3 heterocycles. The number of hydrogen-bond acceptors (Lipinski definition) is 4. The van der Waals surface area contributed by atoms with Crippen molar-refractivity contribution < 1.29 is 14.3 Å². The zero-order chi connectivity index (χ0) is 11.7. The summed E-state index contributed by atoms with van der Waals surface area (Å²) in [6.45, 7) is 2.29. The molecule has 0 saturated carbocycles. The zero-order valence-corrected chi connectivity index (χ0v) is 9.62. The maximum atomic E-state index is 12.3. The molecule has 5 nitrogen and oxygen atoms in total. The minimum Gasteiger partial charge on any atom is -0.501 e. The normalized spacial score (nSPS) is 35.1. The molecule has 3 aliphatic heterocycles. The summed E-state index contributed by atoms with van der Waals surface area (Å²) >= 11 is 0. The Bertz CT molecular complexity index is 361. The highest BCUT2D eigenvalue weighted by atomic mass is 16.5. The van der Waals surface area contributed by atoms with Gasteiger partial charge in [0.2, 0.25) is 0 Å². The van der Waals surface area contributed by atoms with Crippen molar-refractivity contribution >= 4 is 12.3 Å². The molecule has 1 amide bonds. The summed E-state index contributed by atoms with van der Waals surface area (Å²) in [6, 6.07) is -0.385. The summed E-state index contributed by atoms with van der Waals surface area (Å²) in [6.07, 6.45) is 7.03. The largest absolute Gasteiger partial charge is 0.501 e. The zero-order valence-electron chi connectivity index (χ0n) is 9.62. The first kappa shape index (κ1) is 10.6. The second-order valence-electron chi connectivity index (χ2n) is 4.66. The summed E-state index contributed by atoms with van der Waals surface area (Å²) in [4.78, 5) is 18.4. The molecule has 3 unspecified atom stereocenters. The molecular formula is C12H16N2O3. The molecule has 92 valence electrons. The molecule has 1 fully saturated rings. The molecule has 0 aromatic rings. The predicted octanol–water partition coefficient (Wildman–Crippen LogP) is 0.565. The lowest BCUT2D eigenvalue weighted by Gasteiger charge is -2.24. The van der Waals surface area contributed by atoms with Crippen molar-refractivity contribution in [1.29, 1.82) is 0 Å². The monoisotopic (exact) mass is 236 g/mol. The first-order chi connectivity index (χ1) is 8.36. The van der Waals surface area contributed by atoms with Crippen molar-refractivity contribution in [2.24, 2.45) is 10.9 Å². The molecule has 5 heteroatoms. The van der Waals surface area contributed by atoms with Crippen LogP contribution in [0.15, 0.2) is 17.3 Å². The van der Waals surface area contributed by atoms with E-state index in [1.807, 2.05) is 11.0 Å². The lowest BCUT2D eigenvalue weighted by atomic mass is 9.97. The first-order valence-corrected chi connectivity index (χ1v) is 6.10. The summed E-state index contributed by atoms with van der Waals surface area (Å²) in [5, 5.41) is 0. The molecule has 3 aliphatic rings. The summed E-state index contributed by atoms with van der Waals surface area (Å²) < 4.78 is 10.6. The van der Waals surface area contributed by atoms with Crippen molar-refractivity contribution in [3.63, 3.8) is 0 Å². The van der Waals surface area contributed by atoms with Gasteiger partial charge in [-0.3, -0.25) is 4.79 Å². The van der Waals surface area contributed by atoms with Gasteiger partial charge in [0, 0.05) is 13.1 Å². The van der Waals surface area contributed by atoms with E-state index in [0.717, 1.165) is 25.9 Å². The molecular weight excluding hydrogens is 220 g/mol. The Labute approximate surface area is 100 Å². The minimum atomic E-state index is -0.385. The maximum Gasteiger partial charge on any atom is 0.251 e. The van der Waals surface area contributed by atoms with Gasteiger partial charge in [0.05, 0.1) is 18.8 Å². The second-order valence-corrected chi connectivity index (χ2v) is 4.66. The Morgan fingerprint density at radius 1 is 1.35 bits per heavy atom. The van der Waals surface area contributed by atoms with Gasteiger partial charge in [0.25, 0.3) is 5.91 Å². The molecule has 3 atom stereocenters. The average molecular weight is 236 g/mol.